The Morgan fingerprint density at radius 1 is 1.73 bits per heavy atom. The van der Waals surface area contributed by atoms with Gasteiger partial charge in [-0.3, -0.25) is 4.68 Å². The molecule has 80 valence electrons. The molecule has 1 heterocycles. The summed E-state index contributed by atoms with van der Waals surface area (Å²) in [5.74, 6) is -0.441. The lowest BCUT2D eigenvalue weighted by Gasteiger charge is -2.01. The lowest BCUT2D eigenvalue weighted by atomic mass is 10.3. The number of ether oxygens (including phenoxy) is 1. The van der Waals surface area contributed by atoms with E-state index in [1.165, 1.54) is 4.68 Å². The van der Waals surface area contributed by atoms with Gasteiger partial charge in [0.05, 0.1) is 29.3 Å². The van der Waals surface area contributed by atoms with Gasteiger partial charge in [-0.05, 0) is 22.9 Å². The van der Waals surface area contributed by atoms with Gasteiger partial charge in [0, 0.05) is 7.05 Å². The van der Waals surface area contributed by atoms with Crippen molar-refractivity contribution in [3.8, 4) is 6.07 Å². The molecule has 0 saturated carbocycles. The zero-order valence-corrected chi connectivity index (χ0v) is 10.0. The lowest BCUT2D eigenvalue weighted by Crippen LogP contribution is -2.10. The monoisotopic (exact) mass is 271 g/mol. The summed E-state index contributed by atoms with van der Waals surface area (Å²) in [7, 11) is 1.64. The van der Waals surface area contributed by atoms with E-state index in [2.05, 4.69) is 21.0 Å². The summed E-state index contributed by atoms with van der Waals surface area (Å²) in [5.41, 5.74) is 0.880. The maximum atomic E-state index is 11.5. The number of nitriles is 1. The van der Waals surface area contributed by atoms with Crippen molar-refractivity contribution in [1.82, 2.24) is 9.78 Å². The molecule has 0 fully saturated rings. The highest BCUT2D eigenvalue weighted by Crippen LogP contribution is 2.22. The van der Waals surface area contributed by atoms with E-state index in [9.17, 15) is 4.79 Å². The molecular formula is C9H10BrN3O2. The summed E-state index contributed by atoms with van der Waals surface area (Å²) in [6.45, 7) is 2.04. The molecule has 0 saturated heterocycles. The molecule has 0 aliphatic rings. The Kier molecular flexibility index (Phi) is 3.86. The predicted octanol–water partition coefficient (Wildman–Crippen LogP) is 1.43. The Labute approximate surface area is 95.8 Å². The third kappa shape index (κ3) is 2.36. The van der Waals surface area contributed by atoms with Gasteiger partial charge in [0.25, 0.3) is 0 Å². The average Bonchev–Trinajstić information content (AvgIpc) is 2.43. The van der Waals surface area contributed by atoms with E-state index in [4.69, 9.17) is 10.00 Å². The summed E-state index contributed by atoms with van der Waals surface area (Å²) in [6, 6.07) is 1.98. The molecule has 0 aliphatic carbocycles. The predicted molar refractivity (Wildman–Crippen MR) is 56.2 cm³/mol. The first kappa shape index (κ1) is 11.7. The van der Waals surface area contributed by atoms with Crippen LogP contribution in [-0.4, -0.2) is 22.4 Å². The van der Waals surface area contributed by atoms with Crippen LogP contribution in [0.3, 0.4) is 0 Å². The van der Waals surface area contributed by atoms with Crippen LogP contribution in [0.15, 0.2) is 4.47 Å². The highest BCUT2D eigenvalue weighted by Gasteiger charge is 2.20. The largest absolute Gasteiger partial charge is 0.461 e. The van der Waals surface area contributed by atoms with Gasteiger partial charge in [0.2, 0.25) is 0 Å². The van der Waals surface area contributed by atoms with E-state index in [1.807, 2.05) is 6.07 Å². The van der Waals surface area contributed by atoms with Crippen LogP contribution >= 0.6 is 15.9 Å². The number of aryl methyl sites for hydroxylation is 1. The van der Waals surface area contributed by atoms with Crippen LogP contribution in [0.4, 0.5) is 0 Å². The highest BCUT2D eigenvalue weighted by molar-refractivity contribution is 9.10. The molecule has 0 spiro atoms. The highest BCUT2D eigenvalue weighted by atomic mass is 79.9. The van der Waals surface area contributed by atoms with Gasteiger partial charge in [-0.1, -0.05) is 0 Å². The van der Waals surface area contributed by atoms with Crippen molar-refractivity contribution >= 4 is 21.9 Å². The van der Waals surface area contributed by atoms with Gasteiger partial charge in [0.1, 0.15) is 0 Å². The Balaban J connectivity index is 3.08. The molecule has 15 heavy (non-hydrogen) atoms. The summed E-state index contributed by atoms with van der Waals surface area (Å²) < 4.78 is 6.81. The quantitative estimate of drug-likeness (QED) is 0.780. The minimum Gasteiger partial charge on any atom is -0.461 e. The second-order valence-corrected chi connectivity index (χ2v) is 3.58. The molecule has 0 aromatic carbocycles. The van der Waals surface area contributed by atoms with E-state index < -0.39 is 5.97 Å². The Hall–Kier alpha value is -1.35. The Morgan fingerprint density at radius 2 is 2.40 bits per heavy atom. The molecule has 1 rings (SSSR count). The van der Waals surface area contributed by atoms with E-state index >= 15 is 0 Å². The second-order valence-electron chi connectivity index (χ2n) is 2.79. The molecule has 0 unspecified atom stereocenters. The molecule has 0 N–H and O–H groups in total. The number of halogens is 1. The molecule has 1 aromatic heterocycles. The number of rotatable bonds is 3. The van der Waals surface area contributed by atoms with Crippen molar-refractivity contribution in [2.24, 2.45) is 7.05 Å². The summed E-state index contributed by atoms with van der Waals surface area (Å²) in [6.07, 6.45) is 0.161. The van der Waals surface area contributed by atoms with Crippen LogP contribution in [0.5, 0.6) is 0 Å². The molecule has 0 amide bonds. The number of hydrogen-bond donors (Lipinski definition) is 0. The molecule has 6 heteroatoms. The maximum absolute atomic E-state index is 11.5. The summed E-state index contributed by atoms with van der Waals surface area (Å²) in [5, 5.41) is 12.6. The third-order valence-corrected chi connectivity index (χ3v) is 2.60. The first-order chi connectivity index (χ1) is 7.11. The van der Waals surface area contributed by atoms with Gasteiger partial charge in [-0.25, -0.2) is 4.79 Å². The van der Waals surface area contributed by atoms with E-state index in [0.29, 0.717) is 22.5 Å². The SMILES string of the molecule is CCOC(=O)c1c(Br)c(CC#N)nn1C. The van der Waals surface area contributed by atoms with Crippen molar-refractivity contribution in [1.29, 1.82) is 5.26 Å². The fourth-order valence-corrected chi connectivity index (χ4v) is 1.80. The van der Waals surface area contributed by atoms with Crippen LogP contribution in [0.1, 0.15) is 23.1 Å². The van der Waals surface area contributed by atoms with Crippen molar-refractivity contribution in [2.45, 2.75) is 13.3 Å². The average molecular weight is 272 g/mol. The number of hydrogen-bond acceptors (Lipinski definition) is 4. The van der Waals surface area contributed by atoms with E-state index in [-0.39, 0.29) is 6.42 Å². The van der Waals surface area contributed by atoms with Crippen molar-refractivity contribution in [3.05, 3.63) is 15.9 Å². The topological polar surface area (TPSA) is 67.9 Å². The van der Waals surface area contributed by atoms with Gasteiger partial charge in [-0.15, -0.1) is 0 Å². The minimum absolute atomic E-state index is 0.161. The Morgan fingerprint density at radius 3 is 2.93 bits per heavy atom. The summed E-state index contributed by atoms with van der Waals surface area (Å²) in [4.78, 5) is 11.5. The fraction of sp³-hybridized carbons (Fsp3) is 0.444. The zero-order valence-electron chi connectivity index (χ0n) is 8.45. The van der Waals surface area contributed by atoms with E-state index in [1.54, 1.807) is 14.0 Å². The number of esters is 1. The van der Waals surface area contributed by atoms with Gasteiger partial charge in [-0.2, -0.15) is 10.4 Å². The smallest absolute Gasteiger partial charge is 0.357 e. The molecule has 0 atom stereocenters. The van der Waals surface area contributed by atoms with E-state index in [0.717, 1.165) is 0 Å². The van der Waals surface area contributed by atoms with Crippen molar-refractivity contribution < 1.29 is 9.53 Å². The number of carbonyl (C=O) groups is 1. The van der Waals surface area contributed by atoms with Crippen LogP contribution in [0.2, 0.25) is 0 Å². The van der Waals surface area contributed by atoms with Crippen LogP contribution in [0.25, 0.3) is 0 Å². The van der Waals surface area contributed by atoms with Crippen molar-refractivity contribution in [2.75, 3.05) is 6.61 Å². The Bertz CT molecular complexity index is 420. The lowest BCUT2D eigenvalue weighted by molar-refractivity contribution is 0.0512. The zero-order chi connectivity index (χ0) is 11.4. The molecule has 0 aliphatic heterocycles. The standard InChI is InChI=1S/C9H10BrN3O2/c1-3-15-9(14)8-7(10)6(4-5-11)12-13(8)2/h3-4H2,1-2H3. The maximum Gasteiger partial charge on any atom is 0.357 e. The number of aromatic nitrogens is 2. The van der Waals surface area contributed by atoms with Gasteiger partial charge in [0.15, 0.2) is 5.69 Å². The van der Waals surface area contributed by atoms with Crippen LogP contribution in [0, 0.1) is 11.3 Å². The third-order valence-electron chi connectivity index (χ3n) is 1.77. The van der Waals surface area contributed by atoms with Gasteiger partial charge < -0.3 is 4.74 Å². The molecule has 1 aromatic rings. The molecule has 0 bridgehead atoms. The number of carbonyl (C=O) groups excluding carboxylic acids is 1. The summed E-state index contributed by atoms with van der Waals surface area (Å²) >= 11 is 3.24. The molecular weight excluding hydrogens is 262 g/mol. The number of nitrogens with zero attached hydrogens (tertiary/aromatic N) is 3. The second kappa shape index (κ2) is 4.94. The molecule has 0 radical (unpaired) electrons. The van der Waals surface area contributed by atoms with Crippen LogP contribution in [-0.2, 0) is 18.2 Å². The van der Waals surface area contributed by atoms with Gasteiger partial charge >= 0.3 is 5.97 Å². The normalized spacial score (nSPS) is 9.73. The van der Waals surface area contributed by atoms with Crippen LogP contribution < -0.4 is 0 Å². The molecule has 5 nitrogen and oxygen atoms in total. The van der Waals surface area contributed by atoms with Crippen molar-refractivity contribution in [3.63, 3.8) is 0 Å². The first-order valence-corrected chi connectivity index (χ1v) is 5.16. The minimum atomic E-state index is -0.441. The first-order valence-electron chi connectivity index (χ1n) is 4.37. The fourth-order valence-electron chi connectivity index (χ4n) is 1.16.